The molecule has 3 atom stereocenters. The molecule has 0 heterocycles. The molecule has 1 rings (SSSR count). The summed E-state index contributed by atoms with van der Waals surface area (Å²) >= 11 is 0. The predicted octanol–water partition coefficient (Wildman–Crippen LogP) is 3.23. The number of hydrogen-bond acceptors (Lipinski definition) is 3. The molecule has 1 saturated carbocycles. The van der Waals surface area contributed by atoms with Crippen molar-refractivity contribution in [3.05, 3.63) is 0 Å². The maximum absolute atomic E-state index is 6.02. The SMILES string of the molecule is CCCC(COC)NC1CC(OCC(C)C)C1(C)C. The van der Waals surface area contributed by atoms with Crippen molar-refractivity contribution in [3.63, 3.8) is 0 Å². The molecule has 0 bridgehead atoms. The molecule has 0 amide bonds. The highest BCUT2D eigenvalue weighted by Crippen LogP contribution is 2.43. The van der Waals surface area contributed by atoms with Crippen LogP contribution in [0.1, 0.15) is 53.9 Å². The fourth-order valence-corrected chi connectivity index (χ4v) is 2.81. The Hall–Kier alpha value is -0.120. The second kappa shape index (κ2) is 7.61. The van der Waals surface area contributed by atoms with E-state index in [1.54, 1.807) is 7.11 Å². The Balaban J connectivity index is 2.40. The van der Waals surface area contributed by atoms with Crippen LogP contribution in [0.15, 0.2) is 0 Å². The van der Waals surface area contributed by atoms with Gasteiger partial charge in [0.15, 0.2) is 0 Å². The lowest BCUT2D eigenvalue weighted by Crippen LogP contribution is -2.63. The molecule has 0 aromatic heterocycles. The Labute approximate surface area is 119 Å². The third-order valence-electron chi connectivity index (χ3n) is 4.25. The molecule has 0 aliphatic heterocycles. The summed E-state index contributed by atoms with van der Waals surface area (Å²) < 4.78 is 11.3. The summed E-state index contributed by atoms with van der Waals surface area (Å²) in [6.07, 6.45) is 3.90. The van der Waals surface area contributed by atoms with Gasteiger partial charge in [-0.1, -0.05) is 41.0 Å². The summed E-state index contributed by atoms with van der Waals surface area (Å²) in [6, 6.07) is 1.03. The average Bonchev–Trinajstić information content (AvgIpc) is 2.32. The van der Waals surface area contributed by atoms with E-state index in [-0.39, 0.29) is 5.41 Å². The van der Waals surface area contributed by atoms with Crippen molar-refractivity contribution in [2.24, 2.45) is 11.3 Å². The Morgan fingerprint density at radius 2 is 1.95 bits per heavy atom. The van der Waals surface area contributed by atoms with Crippen LogP contribution in [0, 0.1) is 11.3 Å². The van der Waals surface area contributed by atoms with Crippen molar-refractivity contribution >= 4 is 0 Å². The highest BCUT2D eigenvalue weighted by Gasteiger charge is 2.49. The fourth-order valence-electron chi connectivity index (χ4n) is 2.81. The first kappa shape index (κ1) is 16.9. The van der Waals surface area contributed by atoms with Crippen molar-refractivity contribution in [1.29, 1.82) is 0 Å². The molecule has 19 heavy (non-hydrogen) atoms. The zero-order chi connectivity index (χ0) is 14.5. The average molecular weight is 271 g/mol. The van der Waals surface area contributed by atoms with Gasteiger partial charge in [0.1, 0.15) is 0 Å². The summed E-state index contributed by atoms with van der Waals surface area (Å²) in [5.41, 5.74) is 0.231. The van der Waals surface area contributed by atoms with Gasteiger partial charge in [0.25, 0.3) is 0 Å². The molecule has 1 fully saturated rings. The van der Waals surface area contributed by atoms with Gasteiger partial charge in [0.2, 0.25) is 0 Å². The maximum atomic E-state index is 6.02. The van der Waals surface area contributed by atoms with Crippen molar-refractivity contribution in [2.75, 3.05) is 20.3 Å². The number of rotatable bonds is 9. The van der Waals surface area contributed by atoms with Crippen molar-refractivity contribution in [3.8, 4) is 0 Å². The first-order valence-electron chi connectivity index (χ1n) is 7.78. The third-order valence-corrected chi connectivity index (χ3v) is 4.25. The molecule has 114 valence electrons. The molecule has 0 aromatic rings. The molecule has 1 aliphatic rings. The van der Waals surface area contributed by atoms with Gasteiger partial charge in [-0.05, 0) is 18.8 Å². The van der Waals surface area contributed by atoms with E-state index < -0.39 is 0 Å². The van der Waals surface area contributed by atoms with E-state index >= 15 is 0 Å². The van der Waals surface area contributed by atoms with Crippen LogP contribution in [-0.4, -0.2) is 38.5 Å². The van der Waals surface area contributed by atoms with Crippen LogP contribution in [0.5, 0.6) is 0 Å². The van der Waals surface area contributed by atoms with E-state index in [9.17, 15) is 0 Å². The quantitative estimate of drug-likeness (QED) is 0.698. The highest BCUT2D eigenvalue weighted by molar-refractivity contribution is 5.03. The third kappa shape index (κ3) is 4.73. The van der Waals surface area contributed by atoms with E-state index in [1.807, 2.05) is 0 Å². The molecule has 3 unspecified atom stereocenters. The van der Waals surface area contributed by atoms with Crippen LogP contribution in [0.2, 0.25) is 0 Å². The van der Waals surface area contributed by atoms with Gasteiger partial charge >= 0.3 is 0 Å². The monoisotopic (exact) mass is 271 g/mol. The molecule has 1 aliphatic carbocycles. The predicted molar refractivity (Wildman–Crippen MR) is 80.5 cm³/mol. The largest absolute Gasteiger partial charge is 0.383 e. The van der Waals surface area contributed by atoms with Crippen molar-refractivity contribution in [2.45, 2.75) is 72.1 Å². The van der Waals surface area contributed by atoms with E-state index in [0.29, 0.717) is 24.1 Å². The normalized spacial score (nSPS) is 27.3. The molecule has 0 aromatic carbocycles. The van der Waals surface area contributed by atoms with Gasteiger partial charge in [0.05, 0.1) is 12.7 Å². The minimum atomic E-state index is 0.231. The first-order chi connectivity index (χ1) is 8.91. The number of ether oxygens (including phenoxy) is 2. The van der Waals surface area contributed by atoms with Gasteiger partial charge < -0.3 is 14.8 Å². The van der Waals surface area contributed by atoms with Gasteiger partial charge in [-0.2, -0.15) is 0 Å². The van der Waals surface area contributed by atoms with Crippen LogP contribution < -0.4 is 5.32 Å². The van der Waals surface area contributed by atoms with Crippen LogP contribution in [0.25, 0.3) is 0 Å². The molecular formula is C16H33NO2. The van der Waals surface area contributed by atoms with Gasteiger partial charge in [-0.3, -0.25) is 0 Å². The summed E-state index contributed by atoms with van der Waals surface area (Å²) in [6.45, 7) is 12.9. The van der Waals surface area contributed by atoms with Gasteiger partial charge in [-0.15, -0.1) is 0 Å². The van der Waals surface area contributed by atoms with E-state index in [2.05, 4.69) is 39.9 Å². The second-order valence-electron chi connectivity index (χ2n) is 6.93. The van der Waals surface area contributed by atoms with E-state index in [1.165, 1.54) is 12.8 Å². The summed E-state index contributed by atoms with van der Waals surface area (Å²) in [7, 11) is 1.78. The first-order valence-corrected chi connectivity index (χ1v) is 7.78. The van der Waals surface area contributed by atoms with E-state index in [0.717, 1.165) is 19.6 Å². The molecule has 3 heteroatoms. The molecular weight excluding hydrogens is 238 g/mol. The van der Waals surface area contributed by atoms with Crippen LogP contribution in [0.4, 0.5) is 0 Å². The lowest BCUT2D eigenvalue weighted by molar-refractivity contribution is -0.127. The van der Waals surface area contributed by atoms with E-state index in [4.69, 9.17) is 9.47 Å². The maximum Gasteiger partial charge on any atom is 0.0656 e. The zero-order valence-corrected chi connectivity index (χ0v) is 13.7. The number of nitrogens with one attached hydrogen (secondary N) is 1. The molecule has 0 saturated heterocycles. The van der Waals surface area contributed by atoms with Gasteiger partial charge in [0, 0.05) is 31.2 Å². The number of methoxy groups -OCH3 is 1. The second-order valence-corrected chi connectivity index (χ2v) is 6.93. The van der Waals surface area contributed by atoms with Crippen LogP contribution in [-0.2, 0) is 9.47 Å². The van der Waals surface area contributed by atoms with Crippen molar-refractivity contribution in [1.82, 2.24) is 5.32 Å². The fraction of sp³-hybridized carbons (Fsp3) is 1.00. The summed E-state index contributed by atoms with van der Waals surface area (Å²) in [4.78, 5) is 0. The summed E-state index contributed by atoms with van der Waals surface area (Å²) in [5, 5.41) is 3.76. The molecule has 0 spiro atoms. The molecule has 3 nitrogen and oxygen atoms in total. The Morgan fingerprint density at radius 1 is 1.26 bits per heavy atom. The number of hydrogen-bond donors (Lipinski definition) is 1. The van der Waals surface area contributed by atoms with Crippen LogP contribution >= 0.6 is 0 Å². The van der Waals surface area contributed by atoms with Crippen molar-refractivity contribution < 1.29 is 9.47 Å². The topological polar surface area (TPSA) is 30.5 Å². The minimum absolute atomic E-state index is 0.231. The zero-order valence-electron chi connectivity index (χ0n) is 13.7. The minimum Gasteiger partial charge on any atom is -0.383 e. The highest BCUT2D eigenvalue weighted by atomic mass is 16.5. The van der Waals surface area contributed by atoms with Crippen LogP contribution in [0.3, 0.4) is 0 Å². The Morgan fingerprint density at radius 3 is 2.42 bits per heavy atom. The Bertz CT molecular complexity index is 247. The smallest absolute Gasteiger partial charge is 0.0656 e. The standard InChI is InChI=1S/C16H33NO2/c1-7-8-13(11-18-6)17-14-9-15(16(14,4)5)19-10-12(2)3/h12-15,17H,7-11H2,1-6H3. The summed E-state index contributed by atoms with van der Waals surface area (Å²) in [5.74, 6) is 0.615. The van der Waals surface area contributed by atoms with Gasteiger partial charge in [-0.25, -0.2) is 0 Å². The lowest BCUT2D eigenvalue weighted by atomic mass is 9.64. The molecule has 0 radical (unpaired) electrons. The Kier molecular flexibility index (Phi) is 6.78. The molecule has 1 N–H and O–H groups in total. The lowest BCUT2D eigenvalue weighted by Gasteiger charge is -2.53.